The van der Waals surface area contributed by atoms with Crippen molar-refractivity contribution >= 4 is 5.91 Å². The minimum atomic E-state index is -0.310. The molecule has 0 bridgehead atoms. The van der Waals surface area contributed by atoms with Gasteiger partial charge in [-0.3, -0.25) is 4.79 Å². The van der Waals surface area contributed by atoms with E-state index in [4.69, 9.17) is 4.42 Å². The minimum Gasteiger partial charge on any atom is -0.463 e. The van der Waals surface area contributed by atoms with Crippen LogP contribution in [0.1, 0.15) is 21.6 Å². The molecule has 140 valence electrons. The maximum absolute atomic E-state index is 13.0. The molecule has 0 saturated heterocycles. The summed E-state index contributed by atoms with van der Waals surface area (Å²) >= 11 is 0. The highest BCUT2D eigenvalue weighted by Gasteiger charge is 2.18. The lowest BCUT2D eigenvalue weighted by molar-refractivity contribution is 0.0943. The lowest BCUT2D eigenvalue weighted by atomic mass is 10.2. The van der Waals surface area contributed by atoms with E-state index in [1.807, 2.05) is 31.2 Å². The number of aryl methyl sites for hydroxylation is 1. The first-order valence-electron chi connectivity index (χ1n) is 8.84. The number of hydrogen-bond acceptors (Lipinski definition) is 3. The number of carbonyl (C=O) groups excluding carboxylic acids is 1. The fourth-order valence-corrected chi connectivity index (χ4v) is 2.85. The normalized spacial score (nSPS) is 10.8. The van der Waals surface area contributed by atoms with Gasteiger partial charge in [0.25, 0.3) is 5.91 Å². The highest BCUT2D eigenvalue weighted by atomic mass is 19.1. The van der Waals surface area contributed by atoms with Crippen LogP contribution in [0, 0.1) is 12.7 Å². The molecule has 0 unspecified atom stereocenters. The van der Waals surface area contributed by atoms with Gasteiger partial charge in [-0.2, -0.15) is 5.10 Å². The predicted molar refractivity (Wildman–Crippen MR) is 104 cm³/mol. The number of amides is 1. The first kappa shape index (κ1) is 17.7. The molecule has 4 aromatic rings. The van der Waals surface area contributed by atoms with Crippen molar-refractivity contribution in [2.24, 2.45) is 0 Å². The molecule has 0 fully saturated rings. The predicted octanol–water partition coefficient (Wildman–Crippen LogP) is 4.51. The number of hydrogen-bond donors (Lipinski definition) is 1. The van der Waals surface area contributed by atoms with Crippen molar-refractivity contribution in [1.29, 1.82) is 0 Å². The van der Waals surface area contributed by atoms with Gasteiger partial charge in [-0.1, -0.05) is 29.8 Å². The molecule has 0 spiro atoms. The summed E-state index contributed by atoms with van der Waals surface area (Å²) < 4.78 is 20.1. The smallest absolute Gasteiger partial charge is 0.270 e. The Morgan fingerprint density at radius 3 is 2.54 bits per heavy atom. The van der Waals surface area contributed by atoms with Gasteiger partial charge in [-0.05, 0) is 48.9 Å². The van der Waals surface area contributed by atoms with Gasteiger partial charge in [0, 0.05) is 12.6 Å². The maximum Gasteiger partial charge on any atom is 0.270 e. The molecule has 28 heavy (non-hydrogen) atoms. The topological polar surface area (TPSA) is 60.1 Å². The second-order valence-corrected chi connectivity index (χ2v) is 6.45. The number of nitrogens with one attached hydrogen (secondary N) is 1. The molecule has 0 radical (unpaired) electrons. The van der Waals surface area contributed by atoms with Crippen molar-refractivity contribution in [2.75, 3.05) is 0 Å². The van der Waals surface area contributed by atoms with E-state index in [9.17, 15) is 9.18 Å². The van der Waals surface area contributed by atoms with Crippen molar-refractivity contribution in [1.82, 2.24) is 15.1 Å². The summed E-state index contributed by atoms with van der Waals surface area (Å²) in [5.74, 6) is -0.00994. The van der Waals surface area contributed by atoms with E-state index in [0.717, 1.165) is 16.8 Å². The zero-order valence-corrected chi connectivity index (χ0v) is 15.2. The van der Waals surface area contributed by atoms with Gasteiger partial charge < -0.3 is 9.73 Å². The summed E-state index contributed by atoms with van der Waals surface area (Å²) in [6.07, 6.45) is 1.56. The molecule has 1 N–H and O–H groups in total. The molecule has 2 heterocycles. The van der Waals surface area contributed by atoms with Gasteiger partial charge in [-0.15, -0.1) is 0 Å². The van der Waals surface area contributed by atoms with Crippen LogP contribution >= 0.6 is 0 Å². The van der Waals surface area contributed by atoms with E-state index in [2.05, 4.69) is 10.4 Å². The maximum atomic E-state index is 13.0. The molecule has 0 atom stereocenters. The van der Waals surface area contributed by atoms with E-state index in [0.29, 0.717) is 17.1 Å². The number of benzene rings is 2. The van der Waals surface area contributed by atoms with Crippen LogP contribution < -0.4 is 5.32 Å². The fraction of sp³-hybridized carbons (Fsp3) is 0.0909. The molecule has 0 aliphatic heterocycles. The Kier molecular flexibility index (Phi) is 4.76. The third-order valence-corrected chi connectivity index (χ3v) is 4.36. The van der Waals surface area contributed by atoms with E-state index in [1.54, 1.807) is 41.3 Å². The summed E-state index contributed by atoms with van der Waals surface area (Å²) in [5.41, 5.74) is 3.65. The number of carbonyl (C=O) groups is 1. The van der Waals surface area contributed by atoms with Crippen LogP contribution in [-0.4, -0.2) is 15.7 Å². The third kappa shape index (κ3) is 3.71. The molecule has 2 aromatic heterocycles. The van der Waals surface area contributed by atoms with Gasteiger partial charge >= 0.3 is 0 Å². The van der Waals surface area contributed by atoms with Crippen LogP contribution in [0.15, 0.2) is 77.4 Å². The van der Waals surface area contributed by atoms with Crippen LogP contribution in [0.5, 0.6) is 0 Å². The van der Waals surface area contributed by atoms with E-state index in [1.165, 1.54) is 12.1 Å². The zero-order chi connectivity index (χ0) is 19.5. The monoisotopic (exact) mass is 375 g/mol. The lowest BCUT2D eigenvalue weighted by Crippen LogP contribution is -2.25. The molecule has 0 aliphatic rings. The standard InChI is InChI=1S/C22H18FN3O2/c1-15-4-10-18(11-5-15)26-20(13-19(25-26)21-3-2-12-28-21)22(27)24-14-16-6-8-17(23)9-7-16/h2-13H,14H2,1H3,(H,24,27). The Morgan fingerprint density at radius 2 is 1.86 bits per heavy atom. The first-order valence-corrected chi connectivity index (χ1v) is 8.84. The van der Waals surface area contributed by atoms with Gasteiger partial charge in [-0.25, -0.2) is 9.07 Å². The fourth-order valence-electron chi connectivity index (χ4n) is 2.85. The highest BCUT2D eigenvalue weighted by Crippen LogP contribution is 2.22. The van der Waals surface area contributed by atoms with Crippen molar-refractivity contribution in [3.8, 4) is 17.1 Å². The van der Waals surface area contributed by atoms with Crippen LogP contribution in [0.4, 0.5) is 4.39 Å². The van der Waals surface area contributed by atoms with Crippen molar-refractivity contribution in [3.63, 3.8) is 0 Å². The van der Waals surface area contributed by atoms with Crippen LogP contribution in [-0.2, 0) is 6.54 Å². The SMILES string of the molecule is Cc1ccc(-n2nc(-c3ccco3)cc2C(=O)NCc2ccc(F)cc2)cc1. The molecule has 5 nitrogen and oxygen atoms in total. The minimum absolute atomic E-state index is 0.282. The third-order valence-electron chi connectivity index (χ3n) is 4.36. The molecular formula is C22H18FN3O2. The molecule has 2 aromatic carbocycles. The Hall–Kier alpha value is -3.67. The second-order valence-electron chi connectivity index (χ2n) is 6.45. The molecule has 4 rings (SSSR count). The number of aromatic nitrogens is 2. The van der Waals surface area contributed by atoms with E-state index in [-0.39, 0.29) is 18.3 Å². The average molecular weight is 375 g/mol. The quantitative estimate of drug-likeness (QED) is 0.558. The lowest BCUT2D eigenvalue weighted by Gasteiger charge is -2.09. The number of furan rings is 1. The van der Waals surface area contributed by atoms with Crippen molar-refractivity contribution in [3.05, 3.63) is 95.6 Å². The number of nitrogens with zero attached hydrogens (tertiary/aromatic N) is 2. The van der Waals surface area contributed by atoms with Gasteiger partial charge in [0.05, 0.1) is 12.0 Å². The Morgan fingerprint density at radius 1 is 1.11 bits per heavy atom. The average Bonchev–Trinajstić information content (AvgIpc) is 3.38. The van der Waals surface area contributed by atoms with Crippen LogP contribution in [0.25, 0.3) is 17.1 Å². The summed E-state index contributed by atoms with van der Waals surface area (Å²) in [4.78, 5) is 12.9. The molecule has 0 saturated carbocycles. The second kappa shape index (κ2) is 7.52. The Bertz CT molecular complexity index is 1080. The Balaban J connectivity index is 1.64. The number of rotatable bonds is 5. The molecule has 6 heteroatoms. The summed E-state index contributed by atoms with van der Waals surface area (Å²) in [7, 11) is 0. The Labute approximate surface area is 161 Å². The molecular weight excluding hydrogens is 357 g/mol. The van der Waals surface area contributed by atoms with Gasteiger partial charge in [0.1, 0.15) is 17.2 Å². The summed E-state index contributed by atoms with van der Waals surface area (Å²) in [6.45, 7) is 2.28. The van der Waals surface area contributed by atoms with Crippen LogP contribution in [0.2, 0.25) is 0 Å². The van der Waals surface area contributed by atoms with Gasteiger partial charge in [0.2, 0.25) is 0 Å². The summed E-state index contributed by atoms with van der Waals surface area (Å²) in [6, 6.07) is 19.0. The molecule has 1 amide bonds. The van der Waals surface area contributed by atoms with Crippen LogP contribution in [0.3, 0.4) is 0 Å². The van der Waals surface area contributed by atoms with Crippen molar-refractivity contribution in [2.45, 2.75) is 13.5 Å². The largest absolute Gasteiger partial charge is 0.463 e. The highest BCUT2D eigenvalue weighted by molar-refractivity contribution is 5.94. The number of halogens is 1. The summed E-state index contributed by atoms with van der Waals surface area (Å²) in [5, 5.41) is 7.41. The van der Waals surface area contributed by atoms with E-state index < -0.39 is 0 Å². The van der Waals surface area contributed by atoms with Gasteiger partial charge in [0.15, 0.2) is 5.76 Å². The zero-order valence-electron chi connectivity index (χ0n) is 15.2. The van der Waals surface area contributed by atoms with E-state index >= 15 is 0 Å². The molecule has 0 aliphatic carbocycles. The first-order chi connectivity index (χ1) is 13.6. The van der Waals surface area contributed by atoms with Crippen molar-refractivity contribution < 1.29 is 13.6 Å².